The number of aromatic nitrogens is 1. The Bertz CT molecular complexity index is 1010. The fourth-order valence-electron chi connectivity index (χ4n) is 2.54. The molecule has 0 aliphatic rings. The topological polar surface area (TPSA) is 58.9 Å². The van der Waals surface area contributed by atoms with Gasteiger partial charge in [0.2, 0.25) is 0 Å². The van der Waals surface area contributed by atoms with E-state index >= 15 is 0 Å². The Morgan fingerprint density at radius 3 is 2.61 bits per heavy atom. The summed E-state index contributed by atoms with van der Waals surface area (Å²) in [5.41, 5.74) is -2.14. The Kier molecular flexibility index (Phi) is 3.25. The van der Waals surface area contributed by atoms with Crippen molar-refractivity contribution in [1.82, 2.24) is 4.57 Å². The van der Waals surface area contributed by atoms with Crippen LogP contribution < -0.4 is 5.63 Å². The number of hydrogen-bond acceptors (Lipinski definition) is 3. The van der Waals surface area contributed by atoms with Crippen molar-refractivity contribution in [3.05, 3.63) is 58.1 Å². The third-order valence-corrected chi connectivity index (χ3v) is 3.52. The van der Waals surface area contributed by atoms with Gasteiger partial charge < -0.3 is 8.98 Å². The number of halogens is 3. The van der Waals surface area contributed by atoms with E-state index < -0.39 is 22.9 Å². The summed E-state index contributed by atoms with van der Waals surface area (Å²) in [6.07, 6.45) is -3.29. The summed E-state index contributed by atoms with van der Waals surface area (Å²) in [5, 5.41) is 9.77. The van der Waals surface area contributed by atoms with Crippen LogP contribution in [0.4, 0.5) is 13.2 Å². The normalized spacial score (nSPS) is 11.6. The van der Waals surface area contributed by atoms with E-state index in [1.807, 2.05) is 0 Å². The number of para-hydroxylation sites is 1. The second-order valence-corrected chi connectivity index (χ2v) is 4.96. The number of nitriles is 1. The standard InChI is InChI=1S/C16H9F3N2O2/c1-21-8-11(9-4-2-3-5-13(9)21)15-10(7-20)12(16(17,18)19)6-14(22)23-15/h2-6,8H,1H3. The summed E-state index contributed by atoms with van der Waals surface area (Å²) >= 11 is 0. The molecule has 0 bridgehead atoms. The highest BCUT2D eigenvalue weighted by molar-refractivity contribution is 5.95. The molecule has 116 valence electrons. The van der Waals surface area contributed by atoms with Crippen LogP contribution in [0.5, 0.6) is 0 Å². The molecule has 0 atom stereocenters. The summed E-state index contributed by atoms with van der Waals surface area (Å²) in [6.45, 7) is 0. The molecule has 4 nitrogen and oxygen atoms in total. The number of aryl methyl sites for hydroxylation is 1. The van der Waals surface area contributed by atoms with E-state index in [4.69, 9.17) is 4.42 Å². The third kappa shape index (κ3) is 2.38. The largest absolute Gasteiger partial charge is 0.421 e. The molecule has 3 aromatic rings. The first-order valence-electron chi connectivity index (χ1n) is 6.53. The maximum Gasteiger partial charge on any atom is 0.418 e. The predicted molar refractivity (Wildman–Crippen MR) is 76.6 cm³/mol. The van der Waals surface area contributed by atoms with Crippen LogP contribution in [0, 0.1) is 11.3 Å². The summed E-state index contributed by atoms with van der Waals surface area (Å²) < 4.78 is 45.9. The number of nitrogens with zero attached hydrogens (tertiary/aromatic N) is 2. The molecule has 2 aromatic heterocycles. The first kappa shape index (κ1) is 14.9. The maximum atomic E-state index is 13.1. The molecule has 0 aliphatic heterocycles. The van der Waals surface area contributed by atoms with Crippen molar-refractivity contribution in [2.75, 3.05) is 0 Å². The fraction of sp³-hybridized carbons (Fsp3) is 0.125. The van der Waals surface area contributed by atoms with Crippen LogP contribution in [0.3, 0.4) is 0 Å². The molecule has 0 fully saturated rings. The van der Waals surface area contributed by atoms with Crippen LogP contribution in [-0.2, 0) is 13.2 Å². The van der Waals surface area contributed by atoms with Gasteiger partial charge in [0.05, 0.1) is 5.56 Å². The molecule has 0 saturated carbocycles. The molecule has 7 heteroatoms. The Hall–Kier alpha value is -3.01. The maximum absolute atomic E-state index is 13.1. The first-order chi connectivity index (χ1) is 10.8. The van der Waals surface area contributed by atoms with Crippen molar-refractivity contribution in [3.8, 4) is 17.4 Å². The van der Waals surface area contributed by atoms with Gasteiger partial charge in [-0.2, -0.15) is 18.4 Å². The molecule has 0 radical (unpaired) electrons. The van der Waals surface area contributed by atoms with E-state index in [0.29, 0.717) is 11.5 Å². The van der Waals surface area contributed by atoms with E-state index in [1.54, 1.807) is 35.9 Å². The van der Waals surface area contributed by atoms with Crippen molar-refractivity contribution in [3.63, 3.8) is 0 Å². The number of hydrogen-bond donors (Lipinski definition) is 0. The fourth-order valence-corrected chi connectivity index (χ4v) is 2.54. The Morgan fingerprint density at radius 2 is 1.96 bits per heavy atom. The molecule has 3 rings (SSSR count). The summed E-state index contributed by atoms with van der Waals surface area (Å²) in [5.74, 6) is -0.371. The smallest absolute Gasteiger partial charge is 0.418 e. The highest BCUT2D eigenvalue weighted by Crippen LogP contribution is 2.37. The highest BCUT2D eigenvalue weighted by atomic mass is 19.4. The van der Waals surface area contributed by atoms with Crippen LogP contribution in [0.1, 0.15) is 11.1 Å². The lowest BCUT2D eigenvalue weighted by Gasteiger charge is -2.10. The first-order valence-corrected chi connectivity index (χ1v) is 6.53. The SMILES string of the molecule is Cn1cc(-c2oc(=O)cc(C(F)(F)F)c2C#N)c2ccccc21. The van der Waals surface area contributed by atoms with Crippen molar-refractivity contribution in [2.24, 2.45) is 7.05 Å². The number of rotatable bonds is 1. The minimum Gasteiger partial charge on any atom is -0.421 e. The van der Waals surface area contributed by atoms with Gasteiger partial charge in [0, 0.05) is 35.8 Å². The minimum atomic E-state index is -4.82. The van der Waals surface area contributed by atoms with Crippen LogP contribution in [0.15, 0.2) is 45.7 Å². The predicted octanol–water partition coefficient (Wildman–Crippen LogP) is 3.69. The summed E-state index contributed by atoms with van der Waals surface area (Å²) in [7, 11) is 1.71. The molecule has 0 N–H and O–H groups in total. The van der Waals surface area contributed by atoms with E-state index in [0.717, 1.165) is 5.52 Å². The second-order valence-electron chi connectivity index (χ2n) is 4.96. The zero-order valence-electron chi connectivity index (χ0n) is 11.8. The highest BCUT2D eigenvalue weighted by Gasteiger charge is 2.36. The molecule has 0 aliphatic carbocycles. The Labute approximate surface area is 128 Å². The van der Waals surface area contributed by atoms with Gasteiger partial charge in [-0.05, 0) is 6.07 Å². The van der Waals surface area contributed by atoms with Crippen molar-refractivity contribution >= 4 is 10.9 Å². The van der Waals surface area contributed by atoms with Crippen LogP contribution in [-0.4, -0.2) is 4.57 Å². The lowest BCUT2D eigenvalue weighted by atomic mass is 10.0. The number of alkyl halides is 3. The van der Waals surface area contributed by atoms with E-state index in [-0.39, 0.29) is 11.3 Å². The molecule has 0 amide bonds. The van der Waals surface area contributed by atoms with Gasteiger partial charge in [-0.15, -0.1) is 0 Å². The molecule has 0 unspecified atom stereocenters. The number of fused-ring (bicyclic) bond motifs is 1. The molecule has 0 saturated heterocycles. The summed E-state index contributed by atoms with van der Waals surface area (Å²) in [4.78, 5) is 11.6. The molecule has 1 aromatic carbocycles. The minimum absolute atomic E-state index is 0.267. The Morgan fingerprint density at radius 1 is 1.26 bits per heavy atom. The lowest BCUT2D eigenvalue weighted by Crippen LogP contribution is -2.14. The monoisotopic (exact) mass is 318 g/mol. The lowest BCUT2D eigenvalue weighted by molar-refractivity contribution is -0.138. The van der Waals surface area contributed by atoms with Gasteiger partial charge in [0.1, 0.15) is 11.6 Å². The Balaban J connectivity index is 2.43. The molecule has 23 heavy (non-hydrogen) atoms. The molecule has 2 heterocycles. The molecular weight excluding hydrogens is 309 g/mol. The van der Waals surface area contributed by atoms with Crippen molar-refractivity contribution in [1.29, 1.82) is 5.26 Å². The molecule has 0 spiro atoms. The second kappa shape index (κ2) is 5.02. The van der Waals surface area contributed by atoms with Crippen LogP contribution in [0.2, 0.25) is 0 Å². The van der Waals surface area contributed by atoms with E-state index in [9.17, 15) is 23.2 Å². The van der Waals surface area contributed by atoms with Gasteiger partial charge in [-0.1, -0.05) is 18.2 Å². The van der Waals surface area contributed by atoms with Gasteiger partial charge in [0.15, 0.2) is 5.76 Å². The van der Waals surface area contributed by atoms with E-state index in [2.05, 4.69) is 0 Å². The summed E-state index contributed by atoms with van der Waals surface area (Å²) in [6, 6.07) is 8.76. The van der Waals surface area contributed by atoms with Crippen molar-refractivity contribution in [2.45, 2.75) is 6.18 Å². The van der Waals surface area contributed by atoms with Gasteiger partial charge in [-0.3, -0.25) is 0 Å². The number of benzene rings is 1. The quantitative estimate of drug-likeness (QED) is 0.687. The van der Waals surface area contributed by atoms with Gasteiger partial charge >= 0.3 is 11.8 Å². The van der Waals surface area contributed by atoms with Crippen LogP contribution in [0.25, 0.3) is 22.2 Å². The third-order valence-electron chi connectivity index (χ3n) is 3.52. The molecular formula is C16H9F3N2O2. The van der Waals surface area contributed by atoms with Gasteiger partial charge in [-0.25, -0.2) is 4.79 Å². The zero-order valence-corrected chi connectivity index (χ0v) is 11.8. The van der Waals surface area contributed by atoms with Crippen LogP contribution >= 0.6 is 0 Å². The zero-order chi connectivity index (χ0) is 16.8. The average molecular weight is 318 g/mol. The average Bonchev–Trinajstić information content (AvgIpc) is 2.83. The van der Waals surface area contributed by atoms with Crippen molar-refractivity contribution < 1.29 is 17.6 Å². The van der Waals surface area contributed by atoms with E-state index in [1.165, 1.54) is 12.3 Å². The van der Waals surface area contributed by atoms with Gasteiger partial charge in [0.25, 0.3) is 0 Å².